The van der Waals surface area contributed by atoms with Crippen molar-refractivity contribution in [1.29, 1.82) is 0 Å². The summed E-state index contributed by atoms with van der Waals surface area (Å²) in [7, 11) is 0. The van der Waals surface area contributed by atoms with Crippen LogP contribution in [0.4, 0.5) is 0 Å². The van der Waals surface area contributed by atoms with Crippen LogP contribution < -0.4 is 5.32 Å². The Bertz CT molecular complexity index is 598. The molecule has 2 aromatic rings. The summed E-state index contributed by atoms with van der Waals surface area (Å²) in [4.78, 5) is 11.8. The maximum atomic E-state index is 11.8. The third kappa shape index (κ3) is 3.27. The summed E-state index contributed by atoms with van der Waals surface area (Å²) in [5.74, 6) is -0.992. The summed E-state index contributed by atoms with van der Waals surface area (Å²) >= 11 is 0. The Morgan fingerprint density at radius 1 is 1.05 bits per heavy atom. The SMILES string of the molecule is O=C(NCc1ccc(O)c(O)c1)C(O)c1ccccc1. The zero-order chi connectivity index (χ0) is 14.5. The average molecular weight is 273 g/mol. The highest BCUT2D eigenvalue weighted by Crippen LogP contribution is 2.24. The van der Waals surface area contributed by atoms with Crippen LogP contribution in [-0.2, 0) is 11.3 Å². The molecule has 0 radical (unpaired) electrons. The van der Waals surface area contributed by atoms with Gasteiger partial charge in [-0.15, -0.1) is 0 Å². The fourth-order valence-electron chi connectivity index (χ4n) is 1.75. The highest BCUT2D eigenvalue weighted by molar-refractivity contribution is 5.81. The maximum absolute atomic E-state index is 11.8. The summed E-state index contributed by atoms with van der Waals surface area (Å²) in [5, 5.41) is 30.9. The summed E-state index contributed by atoms with van der Waals surface area (Å²) < 4.78 is 0. The van der Waals surface area contributed by atoms with Crippen molar-refractivity contribution in [3.05, 3.63) is 59.7 Å². The Kier molecular flexibility index (Phi) is 4.22. The predicted molar refractivity (Wildman–Crippen MR) is 73.0 cm³/mol. The molecule has 0 aliphatic heterocycles. The van der Waals surface area contributed by atoms with Gasteiger partial charge in [-0.3, -0.25) is 4.79 Å². The molecule has 4 N–H and O–H groups in total. The van der Waals surface area contributed by atoms with Crippen LogP contribution in [0.3, 0.4) is 0 Å². The molecule has 0 fully saturated rings. The molecule has 0 bridgehead atoms. The largest absolute Gasteiger partial charge is 0.504 e. The third-order valence-electron chi connectivity index (χ3n) is 2.87. The number of hydrogen-bond acceptors (Lipinski definition) is 4. The van der Waals surface area contributed by atoms with Crippen LogP contribution in [0.15, 0.2) is 48.5 Å². The van der Waals surface area contributed by atoms with Crippen molar-refractivity contribution < 1.29 is 20.1 Å². The van der Waals surface area contributed by atoms with Gasteiger partial charge in [0.25, 0.3) is 5.91 Å². The molecule has 20 heavy (non-hydrogen) atoms. The van der Waals surface area contributed by atoms with Gasteiger partial charge in [0.15, 0.2) is 17.6 Å². The van der Waals surface area contributed by atoms with Crippen molar-refractivity contribution in [1.82, 2.24) is 5.32 Å². The first-order valence-electron chi connectivity index (χ1n) is 6.09. The number of aliphatic hydroxyl groups excluding tert-OH is 1. The van der Waals surface area contributed by atoms with E-state index in [1.165, 1.54) is 12.1 Å². The Morgan fingerprint density at radius 3 is 2.40 bits per heavy atom. The number of carbonyl (C=O) groups excluding carboxylic acids is 1. The minimum absolute atomic E-state index is 0.149. The molecule has 1 unspecified atom stereocenters. The molecule has 0 aliphatic rings. The molecule has 0 heterocycles. The van der Waals surface area contributed by atoms with Gasteiger partial charge in [-0.2, -0.15) is 0 Å². The number of aromatic hydroxyl groups is 2. The van der Waals surface area contributed by atoms with Crippen LogP contribution in [0.25, 0.3) is 0 Å². The Balaban J connectivity index is 1.96. The normalized spacial score (nSPS) is 11.8. The van der Waals surface area contributed by atoms with Crippen molar-refractivity contribution in [2.75, 3.05) is 0 Å². The second-order valence-electron chi connectivity index (χ2n) is 4.35. The molecule has 0 saturated heterocycles. The van der Waals surface area contributed by atoms with Gasteiger partial charge in [0.2, 0.25) is 0 Å². The fraction of sp³-hybridized carbons (Fsp3) is 0.133. The molecule has 1 amide bonds. The highest BCUT2D eigenvalue weighted by atomic mass is 16.3. The molecular formula is C15H15NO4. The van der Waals surface area contributed by atoms with E-state index in [1.807, 2.05) is 0 Å². The molecule has 0 aliphatic carbocycles. The lowest BCUT2D eigenvalue weighted by Gasteiger charge is -2.12. The monoisotopic (exact) mass is 273 g/mol. The topological polar surface area (TPSA) is 89.8 Å². The minimum Gasteiger partial charge on any atom is -0.504 e. The lowest BCUT2D eigenvalue weighted by molar-refractivity contribution is -0.129. The van der Waals surface area contributed by atoms with Crippen molar-refractivity contribution in [3.8, 4) is 11.5 Å². The van der Waals surface area contributed by atoms with Gasteiger partial charge in [0, 0.05) is 6.54 Å². The van der Waals surface area contributed by atoms with Crippen LogP contribution in [0.5, 0.6) is 11.5 Å². The van der Waals surface area contributed by atoms with Crippen molar-refractivity contribution >= 4 is 5.91 Å². The van der Waals surface area contributed by atoms with Crippen LogP contribution in [-0.4, -0.2) is 21.2 Å². The predicted octanol–water partition coefficient (Wildman–Crippen LogP) is 1.45. The number of carbonyl (C=O) groups is 1. The summed E-state index contributed by atoms with van der Waals surface area (Å²) in [6, 6.07) is 12.9. The zero-order valence-corrected chi connectivity index (χ0v) is 10.7. The number of amides is 1. The van der Waals surface area contributed by atoms with Crippen LogP contribution >= 0.6 is 0 Å². The molecular weight excluding hydrogens is 258 g/mol. The molecule has 0 spiro atoms. The first-order chi connectivity index (χ1) is 9.58. The van der Waals surface area contributed by atoms with E-state index in [2.05, 4.69) is 5.32 Å². The van der Waals surface area contributed by atoms with E-state index in [0.717, 1.165) is 0 Å². The minimum atomic E-state index is -1.23. The number of aliphatic hydroxyl groups is 1. The lowest BCUT2D eigenvalue weighted by Crippen LogP contribution is -2.28. The van der Waals surface area contributed by atoms with Gasteiger partial charge in [-0.1, -0.05) is 36.4 Å². The van der Waals surface area contributed by atoms with E-state index in [-0.39, 0.29) is 18.0 Å². The molecule has 0 aromatic heterocycles. The second kappa shape index (κ2) is 6.08. The third-order valence-corrected chi connectivity index (χ3v) is 2.87. The Labute approximate surface area is 116 Å². The first-order valence-corrected chi connectivity index (χ1v) is 6.09. The van der Waals surface area contributed by atoms with E-state index in [1.54, 1.807) is 36.4 Å². The van der Waals surface area contributed by atoms with Crippen molar-refractivity contribution in [2.24, 2.45) is 0 Å². The molecule has 5 heteroatoms. The fourth-order valence-corrected chi connectivity index (χ4v) is 1.75. The molecule has 104 valence electrons. The molecule has 5 nitrogen and oxygen atoms in total. The van der Waals surface area contributed by atoms with E-state index >= 15 is 0 Å². The van der Waals surface area contributed by atoms with Gasteiger partial charge in [-0.25, -0.2) is 0 Å². The van der Waals surface area contributed by atoms with Gasteiger partial charge in [0.05, 0.1) is 0 Å². The Morgan fingerprint density at radius 2 is 1.75 bits per heavy atom. The molecule has 1 atom stereocenters. The zero-order valence-electron chi connectivity index (χ0n) is 10.7. The summed E-state index contributed by atoms with van der Waals surface area (Å²) in [6.07, 6.45) is -1.23. The quantitative estimate of drug-likeness (QED) is 0.635. The summed E-state index contributed by atoms with van der Waals surface area (Å²) in [6.45, 7) is 0.149. The number of phenolic OH excluding ortho intramolecular Hbond substituents is 2. The van der Waals surface area contributed by atoms with Gasteiger partial charge in [0.1, 0.15) is 0 Å². The van der Waals surface area contributed by atoms with Crippen molar-refractivity contribution in [2.45, 2.75) is 12.6 Å². The van der Waals surface area contributed by atoms with Crippen LogP contribution in [0, 0.1) is 0 Å². The van der Waals surface area contributed by atoms with Gasteiger partial charge < -0.3 is 20.6 Å². The molecule has 0 saturated carbocycles. The summed E-state index contributed by atoms with van der Waals surface area (Å²) in [5.41, 5.74) is 1.13. The molecule has 2 rings (SSSR count). The molecule has 2 aromatic carbocycles. The van der Waals surface area contributed by atoms with Crippen LogP contribution in [0.2, 0.25) is 0 Å². The van der Waals surface area contributed by atoms with Crippen molar-refractivity contribution in [3.63, 3.8) is 0 Å². The maximum Gasteiger partial charge on any atom is 0.253 e. The van der Waals surface area contributed by atoms with E-state index in [9.17, 15) is 20.1 Å². The van der Waals surface area contributed by atoms with Crippen LogP contribution in [0.1, 0.15) is 17.2 Å². The number of hydrogen-bond donors (Lipinski definition) is 4. The Hall–Kier alpha value is -2.53. The standard InChI is InChI=1S/C15H15NO4/c17-12-7-6-10(8-13(12)18)9-16-15(20)14(19)11-4-2-1-3-5-11/h1-8,14,17-19H,9H2,(H,16,20). The second-order valence-corrected chi connectivity index (χ2v) is 4.35. The lowest BCUT2D eigenvalue weighted by atomic mass is 10.1. The number of nitrogens with one attached hydrogen (secondary N) is 1. The van der Waals surface area contributed by atoms with Gasteiger partial charge in [-0.05, 0) is 23.3 Å². The van der Waals surface area contributed by atoms with E-state index < -0.39 is 12.0 Å². The smallest absolute Gasteiger partial charge is 0.253 e. The average Bonchev–Trinajstić information content (AvgIpc) is 2.48. The number of benzene rings is 2. The van der Waals surface area contributed by atoms with E-state index in [4.69, 9.17) is 0 Å². The number of phenols is 2. The van der Waals surface area contributed by atoms with E-state index in [0.29, 0.717) is 11.1 Å². The number of rotatable bonds is 4. The first kappa shape index (κ1) is 13.9. The van der Waals surface area contributed by atoms with Gasteiger partial charge >= 0.3 is 0 Å². The highest BCUT2D eigenvalue weighted by Gasteiger charge is 2.16.